The summed E-state index contributed by atoms with van der Waals surface area (Å²) >= 11 is 0. The van der Waals surface area contributed by atoms with Crippen LogP contribution in [0.5, 0.6) is 11.5 Å². The number of rotatable bonds is 4. The molecule has 0 unspecified atom stereocenters. The topological polar surface area (TPSA) is 64.6 Å². The van der Waals surface area contributed by atoms with E-state index in [0.29, 0.717) is 11.4 Å². The fourth-order valence-electron chi connectivity index (χ4n) is 5.11. The normalized spacial score (nSPS) is 29.6. The largest absolute Gasteiger partial charge is 0.462 e. The molecule has 1 saturated heterocycles. The van der Waals surface area contributed by atoms with E-state index in [1.54, 1.807) is 0 Å². The Hall–Kier alpha value is -2.82. The first kappa shape index (κ1) is 17.3. The Bertz CT molecular complexity index is 950. The van der Waals surface area contributed by atoms with Crippen molar-refractivity contribution in [1.82, 2.24) is 0 Å². The average molecular weight is 377 g/mol. The van der Waals surface area contributed by atoms with Crippen LogP contribution in [0, 0.1) is 37.5 Å². The van der Waals surface area contributed by atoms with E-state index in [-0.39, 0.29) is 41.7 Å². The lowest BCUT2D eigenvalue weighted by molar-refractivity contribution is -0.145. The second-order valence-electron chi connectivity index (χ2n) is 8.28. The lowest BCUT2D eigenvalue weighted by Crippen LogP contribution is -2.35. The maximum Gasteiger partial charge on any atom is 0.310 e. The molecule has 5 rings (SSSR count). The van der Waals surface area contributed by atoms with Gasteiger partial charge in [-0.1, -0.05) is 6.07 Å². The Morgan fingerprint density at radius 2 is 1.79 bits per heavy atom. The van der Waals surface area contributed by atoms with Gasteiger partial charge in [-0.3, -0.25) is 9.59 Å². The molecule has 5 atom stereocenters. The smallest absolute Gasteiger partial charge is 0.310 e. The number of anilines is 1. The van der Waals surface area contributed by atoms with Gasteiger partial charge in [-0.05, 0) is 80.1 Å². The van der Waals surface area contributed by atoms with Gasteiger partial charge in [0.05, 0.1) is 11.8 Å². The van der Waals surface area contributed by atoms with E-state index in [4.69, 9.17) is 9.47 Å². The third-order valence-electron chi connectivity index (χ3n) is 6.62. The van der Waals surface area contributed by atoms with Gasteiger partial charge >= 0.3 is 5.97 Å². The molecule has 2 bridgehead atoms. The van der Waals surface area contributed by atoms with Crippen molar-refractivity contribution in [1.29, 1.82) is 0 Å². The number of esters is 1. The summed E-state index contributed by atoms with van der Waals surface area (Å²) in [5, 5.41) is 2.98. The predicted octanol–water partition coefficient (Wildman–Crippen LogP) is 4.23. The van der Waals surface area contributed by atoms with E-state index >= 15 is 0 Å². The number of hydrogen-bond donors (Lipinski definition) is 1. The molecule has 2 aromatic rings. The van der Waals surface area contributed by atoms with Crippen LogP contribution in [0.25, 0.3) is 0 Å². The van der Waals surface area contributed by atoms with Crippen molar-refractivity contribution in [3.05, 3.63) is 53.6 Å². The molecule has 3 aliphatic rings. The van der Waals surface area contributed by atoms with Gasteiger partial charge in [-0.2, -0.15) is 0 Å². The molecule has 3 fully saturated rings. The zero-order chi connectivity index (χ0) is 19.4. The third kappa shape index (κ3) is 2.77. The molecule has 5 nitrogen and oxygen atoms in total. The van der Waals surface area contributed by atoms with E-state index < -0.39 is 0 Å². The molecular weight excluding hydrogens is 354 g/mol. The van der Waals surface area contributed by atoms with Gasteiger partial charge in [0.15, 0.2) is 0 Å². The number of amides is 1. The number of benzene rings is 2. The van der Waals surface area contributed by atoms with Crippen molar-refractivity contribution in [2.24, 2.45) is 23.7 Å². The maximum atomic E-state index is 12.8. The molecule has 2 aliphatic carbocycles. The summed E-state index contributed by atoms with van der Waals surface area (Å²) in [6.45, 7) is 4.12. The number of fused-ring (bicyclic) bond motifs is 1. The van der Waals surface area contributed by atoms with E-state index in [1.807, 2.05) is 42.5 Å². The highest BCUT2D eigenvalue weighted by Gasteiger charge is 2.63. The zero-order valence-corrected chi connectivity index (χ0v) is 16.0. The van der Waals surface area contributed by atoms with Gasteiger partial charge in [0, 0.05) is 11.6 Å². The molecule has 144 valence electrons. The number of nitrogens with one attached hydrogen (secondary N) is 1. The first-order chi connectivity index (χ1) is 13.5. The number of ether oxygens (including phenoxy) is 2. The summed E-state index contributed by atoms with van der Waals surface area (Å²) in [6, 6.07) is 13.3. The van der Waals surface area contributed by atoms with Crippen LogP contribution < -0.4 is 10.1 Å². The van der Waals surface area contributed by atoms with Crippen molar-refractivity contribution in [3.63, 3.8) is 0 Å². The number of carbonyl (C=O) groups excluding carboxylic acids is 2. The lowest BCUT2D eigenvalue weighted by atomic mass is 9.79. The van der Waals surface area contributed by atoms with Crippen LogP contribution in [0.3, 0.4) is 0 Å². The van der Waals surface area contributed by atoms with E-state index in [0.717, 1.165) is 18.6 Å². The highest BCUT2D eigenvalue weighted by atomic mass is 16.6. The molecular formula is C23H23NO4. The van der Waals surface area contributed by atoms with Crippen LogP contribution in [0.4, 0.5) is 5.69 Å². The Balaban J connectivity index is 1.26. The molecule has 1 N–H and O–H groups in total. The van der Waals surface area contributed by atoms with Crippen molar-refractivity contribution >= 4 is 17.6 Å². The van der Waals surface area contributed by atoms with E-state index in [1.165, 1.54) is 11.1 Å². The minimum atomic E-state index is -0.261. The zero-order valence-electron chi connectivity index (χ0n) is 16.0. The SMILES string of the molecule is Cc1ccc(Oc2ccc(NC(=O)[C@@H]3[C@@H]4C[C@@H]5[C@H]3C(=O)O[C@@H]5C4)cc2)cc1C. The van der Waals surface area contributed by atoms with Gasteiger partial charge in [0.25, 0.3) is 0 Å². The first-order valence-electron chi connectivity index (χ1n) is 9.86. The average Bonchev–Trinajstić information content (AvgIpc) is 3.29. The molecule has 1 amide bonds. The van der Waals surface area contributed by atoms with E-state index in [9.17, 15) is 9.59 Å². The standard InChI is InChI=1S/C23H23NO4/c1-12-3-6-17(9-13(12)2)27-16-7-4-15(5-8-16)24-22(25)20-14-10-18-19(11-14)28-23(26)21(18)20/h3-9,14,18-21H,10-11H2,1-2H3,(H,24,25)/t14-,18+,19-,20-,21-/m1/s1. The van der Waals surface area contributed by atoms with Crippen LogP contribution >= 0.6 is 0 Å². The Morgan fingerprint density at radius 3 is 2.54 bits per heavy atom. The summed E-state index contributed by atoms with van der Waals surface area (Å²) in [6.07, 6.45) is 1.81. The summed E-state index contributed by atoms with van der Waals surface area (Å²) in [7, 11) is 0. The molecule has 2 saturated carbocycles. The Morgan fingerprint density at radius 1 is 1.04 bits per heavy atom. The van der Waals surface area contributed by atoms with Crippen LogP contribution in [0.1, 0.15) is 24.0 Å². The van der Waals surface area contributed by atoms with Crippen LogP contribution in [-0.4, -0.2) is 18.0 Å². The van der Waals surface area contributed by atoms with Crippen molar-refractivity contribution in [2.45, 2.75) is 32.8 Å². The van der Waals surface area contributed by atoms with Gasteiger partial charge in [-0.25, -0.2) is 0 Å². The minimum absolute atomic E-state index is 0.0494. The van der Waals surface area contributed by atoms with Gasteiger partial charge in [0.1, 0.15) is 17.6 Å². The number of carbonyl (C=O) groups is 2. The fourth-order valence-corrected chi connectivity index (χ4v) is 5.11. The van der Waals surface area contributed by atoms with Crippen LogP contribution in [0.2, 0.25) is 0 Å². The predicted molar refractivity (Wildman–Crippen MR) is 104 cm³/mol. The van der Waals surface area contributed by atoms with Gasteiger partial charge in [-0.15, -0.1) is 0 Å². The van der Waals surface area contributed by atoms with Crippen molar-refractivity contribution in [3.8, 4) is 11.5 Å². The quantitative estimate of drug-likeness (QED) is 0.810. The minimum Gasteiger partial charge on any atom is -0.462 e. The molecule has 0 aromatic heterocycles. The second kappa shape index (κ2) is 6.36. The first-order valence-corrected chi connectivity index (χ1v) is 9.86. The number of hydrogen-bond acceptors (Lipinski definition) is 4. The van der Waals surface area contributed by atoms with Gasteiger partial charge in [0.2, 0.25) is 5.91 Å². The highest BCUT2D eigenvalue weighted by molar-refractivity contribution is 5.97. The van der Waals surface area contributed by atoms with Crippen LogP contribution in [-0.2, 0) is 14.3 Å². The van der Waals surface area contributed by atoms with Crippen molar-refractivity contribution < 1.29 is 19.1 Å². The molecule has 28 heavy (non-hydrogen) atoms. The molecule has 5 heteroatoms. The summed E-state index contributed by atoms with van der Waals surface area (Å²) in [5.41, 5.74) is 3.12. The molecule has 1 heterocycles. The second-order valence-corrected chi connectivity index (χ2v) is 8.28. The number of aryl methyl sites for hydroxylation is 2. The highest BCUT2D eigenvalue weighted by Crippen LogP contribution is 2.57. The maximum absolute atomic E-state index is 12.8. The monoisotopic (exact) mass is 377 g/mol. The summed E-state index contributed by atoms with van der Waals surface area (Å²) in [4.78, 5) is 24.9. The summed E-state index contributed by atoms with van der Waals surface area (Å²) < 4.78 is 11.3. The Labute approximate surface area is 164 Å². The van der Waals surface area contributed by atoms with Crippen LogP contribution in [0.15, 0.2) is 42.5 Å². The van der Waals surface area contributed by atoms with Gasteiger partial charge < -0.3 is 14.8 Å². The summed E-state index contributed by atoms with van der Waals surface area (Å²) in [5.74, 6) is 1.23. The molecule has 0 radical (unpaired) electrons. The molecule has 1 aliphatic heterocycles. The van der Waals surface area contributed by atoms with Crippen molar-refractivity contribution in [2.75, 3.05) is 5.32 Å². The fraction of sp³-hybridized carbons (Fsp3) is 0.391. The third-order valence-corrected chi connectivity index (χ3v) is 6.62. The Kier molecular flexibility index (Phi) is 3.93. The molecule has 2 aromatic carbocycles. The lowest BCUT2D eigenvalue weighted by Gasteiger charge is -2.23. The van der Waals surface area contributed by atoms with E-state index in [2.05, 4.69) is 19.2 Å². The molecule has 0 spiro atoms.